The minimum absolute atomic E-state index is 0.0245. The number of fused-ring (bicyclic) bond motifs is 3. The molecule has 68 heavy (non-hydrogen) atoms. The van der Waals surface area contributed by atoms with Crippen LogP contribution in [0.5, 0.6) is 0 Å². The second-order valence-electron chi connectivity index (χ2n) is 27.7. The van der Waals surface area contributed by atoms with Gasteiger partial charge in [0.15, 0.2) is 0 Å². The van der Waals surface area contributed by atoms with E-state index in [1.165, 1.54) is 134 Å². The summed E-state index contributed by atoms with van der Waals surface area (Å²) < 4.78 is 0. The molecule has 364 valence electrons. The number of nitrogens with zero attached hydrogens (tertiary/aromatic N) is 1. The Morgan fingerprint density at radius 3 is 1.43 bits per heavy atom. The lowest BCUT2D eigenvalue weighted by Gasteiger charge is -2.44. The van der Waals surface area contributed by atoms with Gasteiger partial charge in [-0.3, -0.25) is 0 Å². The SMILES string of the molecule is C/C(=C\C1=C(/C=C/c2cc(C)cc(N(c3ccc4c(c3)C(C)(C)CCC4(C)C)c3cc4c(cc3C)C(C)(C)CCC4(C)C)c2C)C(C)(C)CCC1(C)C)Nc1ccc2c(c1)C(C)(C)CCC2(C)C. The molecule has 8 rings (SSSR count). The summed E-state index contributed by atoms with van der Waals surface area (Å²) in [5, 5.41) is 3.89. The fraction of sp³-hybridized carbons (Fsp3) is 0.545. The van der Waals surface area contributed by atoms with Crippen LogP contribution in [0.2, 0.25) is 0 Å². The summed E-state index contributed by atoms with van der Waals surface area (Å²) in [6.07, 6.45) is 17.0. The molecule has 2 heteroatoms. The fourth-order valence-electron chi connectivity index (χ4n) is 12.9. The van der Waals surface area contributed by atoms with E-state index in [9.17, 15) is 0 Å². The second-order valence-corrected chi connectivity index (χ2v) is 27.7. The molecule has 0 heterocycles. The average Bonchev–Trinajstić information content (AvgIpc) is 3.23. The Bertz CT molecular complexity index is 2750. The Balaban J connectivity index is 1.27. The van der Waals surface area contributed by atoms with Gasteiger partial charge in [-0.15, -0.1) is 0 Å². The quantitative estimate of drug-likeness (QED) is 0.189. The highest BCUT2D eigenvalue weighted by Gasteiger charge is 2.42. The monoisotopic (exact) mass is 911 g/mol. The Morgan fingerprint density at radius 2 is 0.882 bits per heavy atom. The first kappa shape index (κ1) is 50.1. The lowest BCUT2D eigenvalue weighted by atomic mass is 9.62. The third-order valence-corrected chi connectivity index (χ3v) is 18.4. The van der Waals surface area contributed by atoms with Crippen molar-refractivity contribution < 1.29 is 0 Å². The van der Waals surface area contributed by atoms with Crippen LogP contribution in [0.3, 0.4) is 0 Å². The summed E-state index contributed by atoms with van der Waals surface area (Å²) in [6.45, 7) is 48.4. The molecular weight excluding hydrogens is 821 g/mol. The van der Waals surface area contributed by atoms with E-state index in [2.05, 4.69) is 228 Å². The minimum atomic E-state index is 0.0245. The van der Waals surface area contributed by atoms with Gasteiger partial charge in [-0.25, -0.2) is 0 Å². The van der Waals surface area contributed by atoms with E-state index in [-0.39, 0.29) is 43.3 Å². The normalized spacial score (nSPS) is 22.6. The molecule has 4 aromatic carbocycles. The number of aryl methyl sites for hydroxylation is 2. The van der Waals surface area contributed by atoms with Crippen molar-refractivity contribution in [3.05, 3.63) is 145 Å². The first-order valence-corrected chi connectivity index (χ1v) is 26.5. The summed E-state index contributed by atoms with van der Waals surface area (Å²) in [5.74, 6) is 0. The molecule has 0 radical (unpaired) electrons. The molecule has 0 saturated carbocycles. The van der Waals surface area contributed by atoms with E-state index in [0.717, 1.165) is 12.8 Å². The maximum Gasteiger partial charge on any atom is 0.0499 e. The summed E-state index contributed by atoms with van der Waals surface area (Å²) in [5.41, 5.74) is 24.2. The van der Waals surface area contributed by atoms with Gasteiger partial charge in [-0.1, -0.05) is 147 Å². The zero-order valence-corrected chi connectivity index (χ0v) is 46.6. The average molecular weight is 911 g/mol. The highest BCUT2D eigenvalue weighted by Crippen LogP contribution is 2.54. The molecule has 1 N–H and O–H groups in total. The van der Waals surface area contributed by atoms with Gasteiger partial charge in [0.2, 0.25) is 0 Å². The first-order chi connectivity index (χ1) is 31.3. The van der Waals surface area contributed by atoms with E-state index >= 15 is 0 Å². The standard InChI is InChI=1S/C66H90N2/c1-42-35-46(21-24-49-53(63(13,14)30-27-59(49,5)6)38-44(3)67-47-22-25-50-54(39-47)64(15,16)31-28-60(50,7)8)45(4)58(36-42)68(48-23-26-51-55(40-48)65(17,18)32-29-61(51,9)10)57-41-56-52(37-43(57)2)62(11,12)33-34-66(56,19)20/h21-26,35-41,67H,27-34H2,1-20H3/b24-21+,44-38+. The van der Waals surface area contributed by atoms with Gasteiger partial charge in [0.25, 0.3) is 0 Å². The summed E-state index contributed by atoms with van der Waals surface area (Å²) in [7, 11) is 0. The molecule has 4 aliphatic rings. The van der Waals surface area contributed by atoms with Gasteiger partial charge in [0.1, 0.15) is 0 Å². The van der Waals surface area contributed by atoms with E-state index in [1.807, 2.05) is 0 Å². The number of hydrogen-bond donors (Lipinski definition) is 1. The van der Waals surface area contributed by atoms with Crippen molar-refractivity contribution in [3.8, 4) is 0 Å². The van der Waals surface area contributed by atoms with Crippen molar-refractivity contribution in [1.82, 2.24) is 0 Å². The molecule has 4 aromatic rings. The molecule has 0 fully saturated rings. The molecule has 0 amide bonds. The third kappa shape index (κ3) is 9.03. The molecule has 0 atom stereocenters. The van der Waals surface area contributed by atoms with Crippen molar-refractivity contribution in [2.75, 3.05) is 10.2 Å². The van der Waals surface area contributed by atoms with Crippen LogP contribution in [0.4, 0.5) is 22.7 Å². The van der Waals surface area contributed by atoms with Crippen LogP contribution in [0, 0.1) is 31.6 Å². The smallest absolute Gasteiger partial charge is 0.0499 e. The predicted molar refractivity (Wildman–Crippen MR) is 298 cm³/mol. The van der Waals surface area contributed by atoms with Gasteiger partial charge in [0.05, 0.1) is 0 Å². The molecule has 0 spiro atoms. The largest absolute Gasteiger partial charge is 0.359 e. The Labute approximate surface area is 415 Å². The van der Waals surface area contributed by atoms with E-state index < -0.39 is 0 Å². The predicted octanol–water partition coefficient (Wildman–Crippen LogP) is 19.3. The number of hydrogen-bond acceptors (Lipinski definition) is 2. The van der Waals surface area contributed by atoms with Crippen LogP contribution >= 0.6 is 0 Å². The Morgan fingerprint density at radius 1 is 0.441 bits per heavy atom. The van der Waals surface area contributed by atoms with Crippen LogP contribution in [0.15, 0.2) is 89.7 Å². The Kier molecular flexibility index (Phi) is 12.3. The number of benzene rings is 4. The molecule has 0 aromatic heterocycles. The van der Waals surface area contributed by atoms with Crippen molar-refractivity contribution in [1.29, 1.82) is 0 Å². The molecular formula is C66H90N2. The van der Waals surface area contributed by atoms with Crippen LogP contribution < -0.4 is 10.2 Å². The van der Waals surface area contributed by atoms with Crippen LogP contribution in [0.25, 0.3) is 6.08 Å². The maximum absolute atomic E-state index is 3.89. The van der Waals surface area contributed by atoms with Gasteiger partial charge in [-0.05, 0) is 232 Å². The minimum Gasteiger partial charge on any atom is -0.359 e. The lowest BCUT2D eigenvalue weighted by molar-refractivity contribution is 0.273. The van der Waals surface area contributed by atoms with Gasteiger partial charge >= 0.3 is 0 Å². The highest BCUT2D eigenvalue weighted by atomic mass is 15.1. The zero-order chi connectivity index (χ0) is 49.9. The lowest BCUT2D eigenvalue weighted by Crippen LogP contribution is -2.34. The second kappa shape index (κ2) is 16.7. The number of allylic oxidation sites excluding steroid dienone is 5. The molecule has 0 saturated heterocycles. The maximum atomic E-state index is 3.89. The molecule has 4 aliphatic carbocycles. The van der Waals surface area contributed by atoms with Crippen molar-refractivity contribution in [2.45, 2.75) is 222 Å². The van der Waals surface area contributed by atoms with Crippen molar-refractivity contribution >= 4 is 28.8 Å². The number of rotatable bonds is 8. The Hall–Kier alpha value is -4.30. The van der Waals surface area contributed by atoms with E-state index in [0.29, 0.717) is 0 Å². The first-order valence-electron chi connectivity index (χ1n) is 26.5. The van der Waals surface area contributed by atoms with Crippen molar-refractivity contribution in [2.24, 2.45) is 10.8 Å². The number of nitrogens with one attached hydrogen (secondary N) is 1. The van der Waals surface area contributed by atoms with Gasteiger partial charge in [0, 0.05) is 28.4 Å². The summed E-state index contributed by atoms with van der Waals surface area (Å²) in [4.78, 5) is 2.64. The molecule has 0 unspecified atom stereocenters. The van der Waals surface area contributed by atoms with Crippen LogP contribution in [-0.2, 0) is 32.5 Å². The molecule has 0 bridgehead atoms. The van der Waals surface area contributed by atoms with Crippen molar-refractivity contribution in [3.63, 3.8) is 0 Å². The topological polar surface area (TPSA) is 15.3 Å². The summed E-state index contributed by atoms with van der Waals surface area (Å²) >= 11 is 0. The van der Waals surface area contributed by atoms with Crippen LogP contribution in [-0.4, -0.2) is 0 Å². The van der Waals surface area contributed by atoms with E-state index in [1.54, 1.807) is 0 Å². The van der Waals surface area contributed by atoms with Gasteiger partial charge in [-0.2, -0.15) is 0 Å². The third-order valence-electron chi connectivity index (χ3n) is 18.4. The molecule has 2 nitrogen and oxygen atoms in total. The highest BCUT2D eigenvalue weighted by molar-refractivity contribution is 5.84. The molecule has 0 aliphatic heterocycles. The number of anilines is 4. The zero-order valence-electron chi connectivity index (χ0n) is 46.6. The fourth-order valence-corrected chi connectivity index (χ4v) is 12.9. The van der Waals surface area contributed by atoms with Crippen LogP contribution in [0.1, 0.15) is 225 Å². The van der Waals surface area contributed by atoms with Gasteiger partial charge < -0.3 is 10.2 Å². The van der Waals surface area contributed by atoms with E-state index in [4.69, 9.17) is 0 Å². The summed E-state index contributed by atoms with van der Waals surface area (Å²) in [6, 6.07) is 24.6.